The highest BCUT2D eigenvalue weighted by Gasteiger charge is 2.44. The van der Waals surface area contributed by atoms with E-state index in [1.165, 1.54) is 9.13 Å². The van der Waals surface area contributed by atoms with Gasteiger partial charge in [0.05, 0.1) is 55.7 Å². The van der Waals surface area contributed by atoms with E-state index in [0.717, 1.165) is 66.1 Å². The number of hydrogen-bond acceptors (Lipinski definition) is 6. The summed E-state index contributed by atoms with van der Waals surface area (Å²) in [6.07, 6.45) is 0. The minimum atomic E-state index is -0.318. The van der Waals surface area contributed by atoms with Crippen LogP contribution >= 0.6 is 0 Å². The number of fused-ring (bicyclic) bond motifs is 10. The molecule has 304 valence electrons. The van der Waals surface area contributed by atoms with Crippen molar-refractivity contribution >= 4 is 43.6 Å². The molecular weight excluding hydrogens is 797 g/mol. The van der Waals surface area contributed by atoms with Gasteiger partial charge in [0.25, 0.3) is 0 Å². The molecule has 64 heavy (non-hydrogen) atoms. The summed E-state index contributed by atoms with van der Waals surface area (Å²) < 4.78 is 6.96. The highest BCUT2D eigenvalue weighted by Crippen LogP contribution is 2.65. The summed E-state index contributed by atoms with van der Waals surface area (Å²) in [5, 5.41) is 51.4. The van der Waals surface area contributed by atoms with Crippen LogP contribution in [0, 0.1) is 0 Å². The second-order valence-corrected chi connectivity index (χ2v) is 16.1. The SMILES string of the molecule is Oc1c2c(c(O)n1-c1cccc(-c3ccc4c(c3)c3ccccc3n4-c3ccccc3)n1)-c1c-2c(O)n(-c2cccc(-c3ccc4c5ccccc5n(-c5ccccc5)c4c3)n2)c1O. The van der Waals surface area contributed by atoms with Gasteiger partial charge in [-0.3, -0.25) is 0 Å². The van der Waals surface area contributed by atoms with Crippen LogP contribution in [0.3, 0.4) is 0 Å². The van der Waals surface area contributed by atoms with Gasteiger partial charge >= 0.3 is 0 Å². The van der Waals surface area contributed by atoms with E-state index in [-0.39, 0.29) is 57.4 Å². The lowest BCUT2D eigenvalue weighted by Crippen LogP contribution is -1.98. The average molecular weight is 831 g/mol. The molecule has 6 aromatic carbocycles. The number of rotatable bonds is 6. The maximum atomic E-state index is 11.8. The van der Waals surface area contributed by atoms with Crippen LogP contribution in [0.25, 0.3) is 111 Å². The molecular formula is C54H34N6O4. The van der Waals surface area contributed by atoms with Crippen molar-refractivity contribution in [2.75, 3.05) is 0 Å². The zero-order valence-electron chi connectivity index (χ0n) is 33.8. The van der Waals surface area contributed by atoms with Gasteiger partial charge in [0.15, 0.2) is 0 Å². The molecule has 10 heteroatoms. The van der Waals surface area contributed by atoms with Gasteiger partial charge in [-0.15, -0.1) is 0 Å². The van der Waals surface area contributed by atoms with Gasteiger partial charge in [0.1, 0.15) is 11.6 Å². The van der Waals surface area contributed by atoms with Gasteiger partial charge in [0, 0.05) is 44.0 Å². The van der Waals surface area contributed by atoms with Crippen LogP contribution in [-0.2, 0) is 0 Å². The maximum absolute atomic E-state index is 11.8. The van der Waals surface area contributed by atoms with Crippen molar-refractivity contribution in [2.24, 2.45) is 0 Å². The van der Waals surface area contributed by atoms with Crippen molar-refractivity contribution in [2.45, 2.75) is 0 Å². The van der Waals surface area contributed by atoms with E-state index in [2.05, 4.69) is 81.9 Å². The molecule has 0 atom stereocenters. The van der Waals surface area contributed by atoms with Crippen LogP contribution in [0.2, 0.25) is 0 Å². The summed E-state index contributed by atoms with van der Waals surface area (Å²) in [7, 11) is 0. The Hall–Kier alpha value is -9.02. The average Bonchev–Trinajstić information content (AvgIpc) is 3.97. The lowest BCUT2D eigenvalue weighted by Gasteiger charge is -2.14. The fraction of sp³-hybridized carbons (Fsp3) is 0. The molecule has 6 aromatic heterocycles. The summed E-state index contributed by atoms with van der Waals surface area (Å²) >= 11 is 0. The first kappa shape index (κ1) is 35.7. The molecule has 6 heterocycles. The molecule has 1 aliphatic rings. The van der Waals surface area contributed by atoms with E-state index < -0.39 is 0 Å². The van der Waals surface area contributed by atoms with Gasteiger partial charge in [-0.2, -0.15) is 0 Å². The second-order valence-electron chi connectivity index (χ2n) is 16.1. The Balaban J connectivity index is 0.867. The van der Waals surface area contributed by atoms with Crippen molar-refractivity contribution in [3.8, 4) is 91.3 Å². The van der Waals surface area contributed by atoms with Gasteiger partial charge in [0.2, 0.25) is 23.5 Å². The summed E-state index contributed by atoms with van der Waals surface area (Å²) in [5.41, 5.74) is 10.1. The van der Waals surface area contributed by atoms with E-state index in [0.29, 0.717) is 11.4 Å². The molecule has 0 saturated carbocycles. The molecule has 0 fully saturated rings. The molecule has 0 radical (unpaired) electrons. The maximum Gasteiger partial charge on any atom is 0.208 e. The third-order valence-electron chi connectivity index (χ3n) is 12.6. The third kappa shape index (κ3) is 4.90. The predicted molar refractivity (Wildman–Crippen MR) is 251 cm³/mol. The molecule has 0 aliphatic heterocycles. The largest absolute Gasteiger partial charge is 0.494 e. The van der Waals surface area contributed by atoms with Crippen molar-refractivity contribution in [3.63, 3.8) is 0 Å². The monoisotopic (exact) mass is 830 g/mol. The zero-order valence-corrected chi connectivity index (χ0v) is 33.8. The first-order valence-corrected chi connectivity index (χ1v) is 20.9. The number of pyridine rings is 2. The number of benzene rings is 6. The molecule has 0 spiro atoms. The highest BCUT2D eigenvalue weighted by atomic mass is 16.3. The van der Waals surface area contributed by atoms with Crippen molar-refractivity contribution in [1.29, 1.82) is 0 Å². The fourth-order valence-corrected chi connectivity index (χ4v) is 9.80. The van der Waals surface area contributed by atoms with Crippen molar-refractivity contribution in [3.05, 3.63) is 182 Å². The molecule has 0 saturated heterocycles. The van der Waals surface area contributed by atoms with Gasteiger partial charge in [-0.05, 0) is 78.9 Å². The summed E-state index contributed by atoms with van der Waals surface area (Å²) in [6.45, 7) is 0. The minimum absolute atomic E-state index is 0.205. The standard InChI is InChI=1S/C54H34N6O4/c61-51-47-48(52(62)59(51)45-23-11-19-39(55-45)31-26-28-43-38(29-31)36-18-8-10-22-42(36)57(43)33-13-3-1-4-14-33)50-49(47)53(63)60(54(50)64)46-24-12-20-40(56-46)32-25-27-37-35-17-7-9-21-41(35)58(44(37)30-32)34-15-5-2-6-16-34/h1-30,61-64H. The Morgan fingerprint density at radius 1 is 0.297 bits per heavy atom. The summed E-state index contributed by atoms with van der Waals surface area (Å²) in [5.74, 6) is -0.743. The summed E-state index contributed by atoms with van der Waals surface area (Å²) in [6, 6.07) is 60.4. The molecule has 0 amide bonds. The normalized spacial score (nSPS) is 12.0. The predicted octanol–water partition coefficient (Wildman–Crippen LogP) is 12.1. The van der Waals surface area contributed by atoms with Gasteiger partial charge in [-0.25, -0.2) is 19.1 Å². The van der Waals surface area contributed by atoms with Gasteiger partial charge < -0.3 is 29.6 Å². The first-order valence-electron chi connectivity index (χ1n) is 20.9. The minimum Gasteiger partial charge on any atom is -0.494 e. The van der Waals surface area contributed by atoms with Crippen LogP contribution in [-0.4, -0.2) is 48.7 Å². The smallest absolute Gasteiger partial charge is 0.208 e. The van der Waals surface area contributed by atoms with Crippen LogP contribution in [0.15, 0.2) is 182 Å². The first-order chi connectivity index (χ1) is 31.4. The van der Waals surface area contributed by atoms with E-state index in [4.69, 9.17) is 9.97 Å². The molecule has 13 rings (SSSR count). The lowest BCUT2D eigenvalue weighted by atomic mass is 9.86. The van der Waals surface area contributed by atoms with Crippen LogP contribution in [0.4, 0.5) is 0 Å². The molecule has 0 unspecified atom stereocenters. The molecule has 0 bridgehead atoms. The molecule has 12 aromatic rings. The number of aromatic nitrogens is 6. The van der Waals surface area contributed by atoms with E-state index in [1.54, 1.807) is 12.1 Å². The Labute approximate surface area is 364 Å². The summed E-state index contributed by atoms with van der Waals surface area (Å²) in [4.78, 5) is 9.83. The molecule has 4 N–H and O–H groups in total. The quantitative estimate of drug-likeness (QED) is 0.132. The Kier molecular flexibility index (Phi) is 7.39. The highest BCUT2D eigenvalue weighted by molar-refractivity contribution is 6.14. The fourth-order valence-electron chi connectivity index (χ4n) is 9.80. The third-order valence-corrected chi connectivity index (χ3v) is 12.6. The Morgan fingerprint density at radius 3 is 1.23 bits per heavy atom. The molecule has 10 nitrogen and oxygen atoms in total. The lowest BCUT2D eigenvalue weighted by molar-refractivity contribution is 0.396. The van der Waals surface area contributed by atoms with E-state index in [1.807, 2.05) is 97.1 Å². The zero-order chi connectivity index (χ0) is 42.8. The van der Waals surface area contributed by atoms with Gasteiger partial charge in [-0.1, -0.05) is 103 Å². The number of hydrogen-bond donors (Lipinski definition) is 4. The van der Waals surface area contributed by atoms with Crippen LogP contribution in [0.5, 0.6) is 23.5 Å². The number of aromatic hydroxyl groups is 4. The number of para-hydroxylation sites is 4. The van der Waals surface area contributed by atoms with E-state index >= 15 is 0 Å². The Morgan fingerprint density at radius 2 is 0.703 bits per heavy atom. The van der Waals surface area contributed by atoms with Crippen molar-refractivity contribution < 1.29 is 20.4 Å². The second kappa shape index (κ2) is 13.2. The van der Waals surface area contributed by atoms with Crippen LogP contribution < -0.4 is 0 Å². The van der Waals surface area contributed by atoms with Crippen molar-refractivity contribution in [1.82, 2.24) is 28.2 Å². The number of nitrogens with zero attached hydrogens (tertiary/aromatic N) is 6. The van der Waals surface area contributed by atoms with Crippen LogP contribution in [0.1, 0.15) is 0 Å². The van der Waals surface area contributed by atoms with E-state index in [9.17, 15) is 20.4 Å². The molecule has 1 aliphatic carbocycles. The Bertz CT molecular complexity index is 3850. The topological polar surface area (TPSA) is 126 Å².